The van der Waals surface area contributed by atoms with Gasteiger partial charge in [0.1, 0.15) is 0 Å². The van der Waals surface area contributed by atoms with Crippen molar-refractivity contribution in [1.29, 1.82) is 0 Å². The zero-order valence-electron chi connectivity index (χ0n) is 12.0. The zero-order valence-corrected chi connectivity index (χ0v) is 12.0. The Balaban J connectivity index is 2.35. The first-order chi connectivity index (χ1) is 10.2. The third-order valence-electron chi connectivity index (χ3n) is 3.03. The Labute approximate surface area is 124 Å². The second-order valence-corrected chi connectivity index (χ2v) is 4.41. The molecule has 21 heavy (non-hydrogen) atoms. The molecule has 1 heterocycles. The maximum absolute atomic E-state index is 11.6. The number of hydrogen-bond donors (Lipinski definition) is 1. The minimum atomic E-state index is -0.432. The van der Waals surface area contributed by atoms with Gasteiger partial charge in [-0.15, -0.1) is 0 Å². The smallest absolute Gasteiger partial charge is 0.356 e. The van der Waals surface area contributed by atoms with E-state index in [0.717, 1.165) is 16.7 Å². The average molecular weight is 280 g/mol. The predicted molar refractivity (Wildman–Crippen MR) is 81.8 cm³/mol. The number of rotatable bonds is 2. The Hall–Kier alpha value is -2.80. The average Bonchev–Trinajstić information content (AvgIpc) is 2.53. The van der Waals surface area contributed by atoms with Crippen molar-refractivity contribution in [1.82, 2.24) is 4.98 Å². The molecule has 0 bridgehead atoms. The fourth-order valence-corrected chi connectivity index (χ4v) is 1.88. The van der Waals surface area contributed by atoms with Crippen LogP contribution in [-0.2, 0) is 11.2 Å². The van der Waals surface area contributed by atoms with Gasteiger partial charge in [-0.3, -0.25) is 0 Å². The van der Waals surface area contributed by atoms with Crippen LogP contribution in [0.3, 0.4) is 0 Å². The van der Waals surface area contributed by atoms with E-state index in [9.17, 15) is 4.79 Å². The van der Waals surface area contributed by atoms with Gasteiger partial charge in [-0.1, -0.05) is 30.9 Å². The lowest BCUT2D eigenvalue weighted by Gasteiger charge is -2.05. The largest absolute Gasteiger partial charge is 0.464 e. The molecule has 0 fully saturated rings. The Kier molecular flexibility index (Phi) is 4.57. The standard InChI is InChI=1S/C17H16N2O2/c1-3-13-10-12(11-19-16(13)17(20)21-2)8-9-14-6-4-5-7-15(14)18/h4-7,10-11H,3,18H2,1-2H3. The van der Waals surface area contributed by atoms with Crippen molar-refractivity contribution in [2.45, 2.75) is 13.3 Å². The first-order valence-corrected chi connectivity index (χ1v) is 6.59. The van der Waals surface area contributed by atoms with E-state index in [4.69, 9.17) is 10.5 Å². The molecule has 2 aromatic rings. The van der Waals surface area contributed by atoms with Crippen LogP contribution in [0.15, 0.2) is 36.5 Å². The molecule has 4 nitrogen and oxygen atoms in total. The molecular weight excluding hydrogens is 264 g/mol. The highest BCUT2D eigenvalue weighted by Crippen LogP contribution is 2.12. The molecule has 0 atom stereocenters. The van der Waals surface area contributed by atoms with Crippen LogP contribution in [0.4, 0.5) is 5.69 Å². The summed E-state index contributed by atoms with van der Waals surface area (Å²) in [6.45, 7) is 1.95. The Morgan fingerprint density at radius 3 is 2.76 bits per heavy atom. The van der Waals surface area contributed by atoms with Crippen LogP contribution in [0.1, 0.15) is 34.1 Å². The topological polar surface area (TPSA) is 65.2 Å². The minimum Gasteiger partial charge on any atom is -0.464 e. The van der Waals surface area contributed by atoms with Crippen LogP contribution >= 0.6 is 0 Å². The fourth-order valence-electron chi connectivity index (χ4n) is 1.88. The molecule has 0 unspecified atom stereocenters. The first kappa shape index (κ1) is 14.6. The predicted octanol–water partition coefficient (Wildman–Crippen LogP) is 2.41. The summed E-state index contributed by atoms with van der Waals surface area (Å²) in [5.74, 6) is 5.60. The third kappa shape index (κ3) is 3.40. The SMILES string of the molecule is CCc1cc(C#Cc2ccccc2N)cnc1C(=O)OC. The zero-order chi connectivity index (χ0) is 15.2. The highest BCUT2D eigenvalue weighted by Gasteiger charge is 2.12. The highest BCUT2D eigenvalue weighted by atomic mass is 16.5. The molecule has 0 saturated carbocycles. The molecule has 0 aliphatic carbocycles. The van der Waals surface area contributed by atoms with E-state index in [2.05, 4.69) is 16.8 Å². The van der Waals surface area contributed by atoms with Crippen molar-refractivity contribution in [3.63, 3.8) is 0 Å². The lowest BCUT2D eigenvalue weighted by atomic mass is 10.1. The van der Waals surface area contributed by atoms with E-state index < -0.39 is 5.97 Å². The van der Waals surface area contributed by atoms with E-state index in [1.165, 1.54) is 7.11 Å². The van der Waals surface area contributed by atoms with Gasteiger partial charge in [0.25, 0.3) is 0 Å². The number of carbonyl (C=O) groups is 1. The van der Waals surface area contributed by atoms with E-state index in [1.807, 2.05) is 31.2 Å². The Morgan fingerprint density at radius 1 is 1.33 bits per heavy atom. The number of hydrogen-bond acceptors (Lipinski definition) is 4. The Morgan fingerprint density at radius 2 is 2.10 bits per heavy atom. The number of aryl methyl sites for hydroxylation is 1. The van der Waals surface area contributed by atoms with Crippen molar-refractivity contribution in [3.8, 4) is 11.8 Å². The number of esters is 1. The molecule has 0 saturated heterocycles. The number of anilines is 1. The molecule has 0 radical (unpaired) electrons. The van der Waals surface area contributed by atoms with E-state index in [1.54, 1.807) is 12.3 Å². The van der Waals surface area contributed by atoms with Gasteiger partial charge in [0, 0.05) is 23.0 Å². The summed E-state index contributed by atoms with van der Waals surface area (Å²) in [4.78, 5) is 15.7. The molecule has 0 spiro atoms. The normalized spacial score (nSPS) is 9.62. The van der Waals surface area contributed by atoms with Crippen molar-refractivity contribution in [2.24, 2.45) is 0 Å². The van der Waals surface area contributed by atoms with Crippen LogP contribution in [0.5, 0.6) is 0 Å². The first-order valence-electron chi connectivity index (χ1n) is 6.59. The van der Waals surface area contributed by atoms with Gasteiger partial charge < -0.3 is 10.5 Å². The van der Waals surface area contributed by atoms with E-state index >= 15 is 0 Å². The van der Waals surface area contributed by atoms with Gasteiger partial charge in [0.15, 0.2) is 5.69 Å². The molecule has 2 N–H and O–H groups in total. The number of ether oxygens (including phenoxy) is 1. The number of benzene rings is 1. The van der Waals surface area contributed by atoms with Crippen LogP contribution in [0, 0.1) is 11.8 Å². The Bertz CT molecular complexity index is 727. The van der Waals surface area contributed by atoms with Gasteiger partial charge in [-0.2, -0.15) is 0 Å². The van der Waals surface area contributed by atoms with Crippen LogP contribution in [-0.4, -0.2) is 18.1 Å². The van der Waals surface area contributed by atoms with Gasteiger partial charge >= 0.3 is 5.97 Å². The van der Waals surface area contributed by atoms with Crippen molar-refractivity contribution in [3.05, 3.63) is 58.9 Å². The van der Waals surface area contributed by atoms with Gasteiger partial charge in [-0.05, 0) is 30.2 Å². The van der Waals surface area contributed by atoms with Crippen molar-refractivity contribution in [2.75, 3.05) is 12.8 Å². The summed E-state index contributed by atoms with van der Waals surface area (Å²) in [6.07, 6.45) is 2.25. The monoisotopic (exact) mass is 280 g/mol. The number of aromatic nitrogens is 1. The second kappa shape index (κ2) is 6.58. The number of methoxy groups -OCH3 is 1. The third-order valence-corrected chi connectivity index (χ3v) is 3.03. The van der Waals surface area contributed by atoms with Crippen LogP contribution in [0.2, 0.25) is 0 Å². The van der Waals surface area contributed by atoms with E-state index in [0.29, 0.717) is 17.8 Å². The molecule has 0 aliphatic rings. The number of nitrogens with two attached hydrogens (primary N) is 1. The number of para-hydroxylation sites is 1. The molecule has 2 rings (SSSR count). The molecule has 4 heteroatoms. The van der Waals surface area contributed by atoms with Crippen molar-refractivity contribution >= 4 is 11.7 Å². The quantitative estimate of drug-likeness (QED) is 0.521. The molecule has 106 valence electrons. The fraction of sp³-hybridized carbons (Fsp3) is 0.176. The van der Waals surface area contributed by atoms with Gasteiger partial charge in [-0.25, -0.2) is 9.78 Å². The summed E-state index contributed by atoms with van der Waals surface area (Å²) in [7, 11) is 1.34. The number of pyridine rings is 1. The number of carbonyl (C=O) groups excluding carboxylic acids is 1. The molecule has 1 aromatic heterocycles. The summed E-state index contributed by atoms with van der Waals surface area (Å²) >= 11 is 0. The summed E-state index contributed by atoms with van der Waals surface area (Å²) in [5.41, 5.74) is 9.14. The summed E-state index contributed by atoms with van der Waals surface area (Å²) < 4.78 is 4.71. The van der Waals surface area contributed by atoms with Crippen LogP contribution < -0.4 is 5.73 Å². The minimum absolute atomic E-state index is 0.338. The second-order valence-electron chi connectivity index (χ2n) is 4.41. The van der Waals surface area contributed by atoms with Crippen LogP contribution in [0.25, 0.3) is 0 Å². The molecular formula is C17H16N2O2. The van der Waals surface area contributed by atoms with Gasteiger partial charge in [0.2, 0.25) is 0 Å². The lowest BCUT2D eigenvalue weighted by molar-refractivity contribution is 0.0592. The number of nitrogen functional groups attached to an aromatic ring is 1. The van der Waals surface area contributed by atoms with Gasteiger partial charge in [0.05, 0.1) is 7.11 Å². The summed E-state index contributed by atoms with van der Waals surface area (Å²) in [5, 5.41) is 0. The molecule has 0 amide bonds. The van der Waals surface area contributed by atoms with E-state index in [-0.39, 0.29) is 0 Å². The lowest BCUT2D eigenvalue weighted by Crippen LogP contribution is -2.08. The maximum Gasteiger partial charge on any atom is 0.356 e. The summed E-state index contributed by atoms with van der Waals surface area (Å²) in [6, 6.07) is 9.27. The maximum atomic E-state index is 11.6. The molecule has 1 aromatic carbocycles. The number of nitrogens with zero attached hydrogens (tertiary/aromatic N) is 1. The molecule has 0 aliphatic heterocycles. The van der Waals surface area contributed by atoms with Crippen molar-refractivity contribution < 1.29 is 9.53 Å². The highest BCUT2D eigenvalue weighted by molar-refractivity contribution is 5.88.